The van der Waals surface area contributed by atoms with Crippen molar-refractivity contribution in [1.82, 2.24) is 0 Å². The van der Waals surface area contributed by atoms with E-state index < -0.39 is 50.9 Å². The van der Waals surface area contributed by atoms with Crippen LogP contribution in [0.2, 0.25) is 0 Å². The third-order valence-electron chi connectivity index (χ3n) is 14.3. The van der Waals surface area contributed by atoms with Gasteiger partial charge in [0.1, 0.15) is 5.78 Å². The predicted molar refractivity (Wildman–Crippen MR) is 180 cm³/mol. The molecule has 0 bridgehead atoms. The summed E-state index contributed by atoms with van der Waals surface area (Å²) in [6.07, 6.45) is 6.90. The van der Waals surface area contributed by atoms with Crippen LogP contribution in [0.25, 0.3) is 6.08 Å². The van der Waals surface area contributed by atoms with E-state index in [-0.39, 0.29) is 47.7 Å². The second-order valence-corrected chi connectivity index (χ2v) is 16.9. The lowest BCUT2D eigenvalue weighted by Gasteiger charge is -2.69. The van der Waals surface area contributed by atoms with Gasteiger partial charge in [0.15, 0.2) is 5.78 Å². The van der Waals surface area contributed by atoms with E-state index >= 15 is 0 Å². The molecule has 10 atom stereocenters. The van der Waals surface area contributed by atoms with Gasteiger partial charge in [0, 0.05) is 46.2 Å². The van der Waals surface area contributed by atoms with E-state index in [1.165, 1.54) is 13.0 Å². The summed E-state index contributed by atoms with van der Waals surface area (Å²) in [5.41, 5.74) is -3.39. The van der Waals surface area contributed by atoms with Crippen molar-refractivity contribution in [2.45, 2.75) is 111 Å². The van der Waals surface area contributed by atoms with Crippen LogP contribution < -0.4 is 0 Å². The normalized spacial score (nSPS) is 42.3. The number of carboxylic acids is 1. The van der Waals surface area contributed by atoms with Gasteiger partial charge >= 0.3 is 5.97 Å². The number of carbonyl (C=O) groups excluding carboxylic acids is 2. The zero-order valence-corrected chi connectivity index (χ0v) is 29.0. The molecule has 0 spiro atoms. The van der Waals surface area contributed by atoms with Gasteiger partial charge in [0.25, 0.3) is 0 Å². The molecule has 1 aromatic rings. The number of ketones is 2. The SMILES string of the molecule is CC(=CC(O)CC(C)C1CC2(O)CCC3(O)C4=C(C(=O)CC1(C)C42C)C1(C)CCC(=O)C(C)(C)C1C3C=Cc1ccccc1)C(=O)O. The van der Waals surface area contributed by atoms with Crippen molar-refractivity contribution >= 4 is 23.6 Å². The second-order valence-electron chi connectivity index (χ2n) is 16.9. The lowest BCUT2D eigenvalue weighted by Crippen LogP contribution is -2.71. The molecular weight excluding hydrogens is 592 g/mol. The first-order valence-corrected chi connectivity index (χ1v) is 17.4. The molecule has 0 amide bonds. The fourth-order valence-corrected chi connectivity index (χ4v) is 11.9. The Morgan fingerprint density at radius 3 is 2.32 bits per heavy atom. The topological polar surface area (TPSA) is 132 Å². The van der Waals surface area contributed by atoms with Crippen molar-refractivity contribution in [3.05, 3.63) is 64.8 Å². The Bertz CT molecular complexity index is 1600. The van der Waals surface area contributed by atoms with E-state index in [0.29, 0.717) is 43.3 Å². The van der Waals surface area contributed by atoms with Crippen LogP contribution in [0.15, 0.2) is 59.2 Å². The standard InChI is InChI=1S/C40H52O7/c1-23(19-26(41)20-24(2)34(44)45)28-21-39(46)17-18-40(47)27(14-13-25-11-9-8-10-12-25)32-35(3,4)30(43)15-16-36(32,5)31-29(42)22-37(28,6)38(39,7)33(31)40/h8-14,20,23,26-28,32,41,46-47H,15-19,21-22H2,1-7H3,(H,44,45). The number of hydrogen-bond acceptors (Lipinski definition) is 6. The van der Waals surface area contributed by atoms with E-state index in [0.717, 1.165) is 5.56 Å². The molecule has 0 saturated heterocycles. The Hall–Kier alpha value is -2.87. The van der Waals surface area contributed by atoms with Crippen LogP contribution in [0.5, 0.6) is 0 Å². The number of aliphatic hydroxyl groups excluding tert-OH is 1. The molecular formula is C40H52O7. The quantitative estimate of drug-likeness (QED) is 0.256. The fourth-order valence-electron chi connectivity index (χ4n) is 11.9. The summed E-state index contributed by atoms with van der Waals surface area (Å²) < 4.78 is 0. The number of aliphatic carboxylic acids is 1. The Kier molecular flexibility index (Phi) is 7.83. The molecule has 7 heteroatoms. The molecule has 3 saturated carbocycles. The number of carbonyl (C=O) groups is 3. The van der Waals surface area contributed by atoms with Gasteiger partial charge in [-0.1, -0.05) is 84.0 Å². The Morgan fingerprint density at radius 1 is 1.02 bits per heavy atom. The molecule has 4 N–H and O–H groups in total. The number of hydrogen-bond donors (Lipinski definition) is 4. The largest absolute Gasteiger partial charge is 0.478 e. The molecule has 5 aliphatic carbocycles. The number of aliphatic hydroxyl groups is 3. The summed E-state index contributed by atoms with van der Waals surface area (Å²) in [5, 5.41) is 46.4. The average Bonchev–Trinajstić information content (AvgIpc) is 3.17. The number of allylic oxidation sites excluding steroid dienone is 1. The number of fused-ring (bicyclic) bond motifs is 2. The van der Waals surface area contributed by atoms with Crippen LogP contribution in [-0.2, 0) is 14.4 Å². The third kappa shape index (κ3) is 4.51. The van der Waals surface area contributed by atoms with Crippen molar-refractivity contribution in [3.63, 3.8) is 0 Å². The molecule has 3 fully saturated rings. The highest BCUT2D eigenvalue weighted by Crippen LogP contribution is 2.79. The van der Waals surface area contributed by atoms with E-state index in [1.54, 1.807) is 0 Å². The van der Waals surface area contributed by atoms with Gasteiger partial charge in [0.2, 0.25) is 0 Å². The van der Waals surface area contributed by atoms with Crippen molar-refractivity contribution in [1.29, 1.82) is 0 Å². The zero-order chi connectivity index (χ0) is 34.5. The molecule has 0 aromatic heterocycles. The van der Waals surface area contributed by atoms with Gasteiger partial charge in [-0.2, -0.15) is 0 Å². The summed E-state index contributed by atoms with van der Waals surface area (Å²) in [5.74, 6) is -2.04. The molecule has 254 valence electrons. The van der Waals surface area contributed by atoms with E-state index in [9.17, 15) is 34.8 Å². The number of carboxylic acid groups (broad SMARTS) is 1. The molecule has 6 rings (SSSR count). The van der Waals surface area contributed by atoms with Crippen LogP contribution in [-0.4, -0.2) is 55.3 Å². The molecule has 0 radical (unpaired) electrons. The first-order valence-electron chi connectivity index (χ1n) is 17.4. The lowest BCUT2D eigenvalue weighted by molar-refractivity contribution is -0.190. The maximum atomic E-state index is 14.8. The van der Waals surface area contributed by atoms with Gasteiger partial charge in [-0.3, -0.25) is 9.59 Å². The summed E-state index contributed by atoms with van der Waals surface area (Å²) in [7, 11) is 0. The molecule has 0 aliphatic heterocycles. The molecule has 10 unspecified atom stereocenters. The van der Waals surface area contributed by atoms with Crippen molar-refractivity contribution in [3.8, 4) is 0 Å². The second kappa shape index (κ2) is 10.8. The number of rotatable bonds is 7. The summed E-state index contributed by atoms with van der Waals surface area (Å²) >= 11 is 0. The monoisotopic (exact) mass is 644 g/mol. The number of benzene rings is 1. The fraction of sp³-hybridized carbons (Fsp3) is 0.625. The van der Waals surface area contributed by atoms with Crippen LogP contribution in [0, 0.1) is 45.3 Å². The molecule has 5 aliphatic rings. The van der Waals surface area contributed by atoms with Crippen molar-refractivity contribution in [2.75, 3.05) is 0 Å². The first kappa shape index (κ1) is 34.0. The van der Waals surface area contributed by atoms with Crippen molar-refractivity contribution < 1.29 is 34.8 Å². The molecule has 47 heavy (non-hydrogen) atoms. The van der Waals surface area contributed by atoms with E-state index in [1.807, 2.05) is 57.2 Å². The minimum absolute atomic E-state index is 0.00736. The van der Waals surface area contributed by atoms with E-state index in [4.69, 9.17) is 0 Å². The van der Waals surface area contributed by atoms with Crippen LogP contribution in [0.3, 0.4) is 0 Å². The van der Waals surface area contributed by atoms with E-state index in [2.05, 4.69) is 26.8 Å². The highest BCUT2D eigenvalue weighted by Gasteiger charge is 2.79. The summed E-state index contributed by atoms with van der Waals surface area (Å²) in [6.45, 7) is 13.7. The van der Waals surface area contributed by atoms with Gasteiger partial charge in [-0.05, 0) is 79.4 Å². The van der Waals surface area contributed by atoms with Gasteiger partial charge in [-0.25, -0.2) is 4.79 Å². The number of Topliss-reactive ketones (excluding diaryl/α,β-unsaturated/α-hetero) is 2. The molecule has 7 nitrogen and oxygen atoms in total. The Morgan fingerprint density at radius 2 is 1.68 bits per heavy atom. The summed E-state index contributed by atoms with van der Waals surface area (Å²) in [4.78, 5) is 39.9. The molecule has 0 heterocycles. The predicted octanol–water partition coefficient (Wildman–Crippen LogP) is 6.32. The Labute approximate surface area is 278 Å². The Balaban J connectivity index is 1.54. The van der Waals surface area contributed by atoms with Crippen molar-refractivity contribution in [2.24, 2.45) is 45.3 Å². The highest BCUT2D eigenvalue weighted by molar-refractivity contribution is 6.01. The maximum absolute atomic E-state index is 14.8. The third-order valence-corrected chi connectivity index (χ3v) is 14.3. The lowest BCUT2D eigenvalue weighted by atomic mass is 9.35. The minimum atomic E-state index is -1.45. The van der Waals surface area contributed by atoms with Gasteiger partial charge < -0.3 is 20.4 Å². The van der Waals surface area contributed by atoms with Crippen LogP contribution in [0.4, 0.5) is 0 Å². The van der Waals surface area contributed by atoms with Crippen LogP contribution in [0.1, 0.15) is 99.0 Å². The summed E-state index contributed by atoms with van der Waals surface area (Å²) in [6, 6.07) is 9.92. The first-order chi connectivity index (χ1) is 21.8. The van der Waals surface area contributed by atoms with Gasteiger partial charge in [0.05, 0.1) is 17.3 Å². The maximum Gasteiger partial charge on any atom is 0.331 e. The molecule has 1 aromatic carbocycles. The smallest absolute Gasteiger partial charge is 0.331 e. The van der Waals surface area contributed by atoms with Crippen LogP contribution >= 0.6 is 0 Å². The highest BCUT2D eigenvalue weighted by atomic mass is 16.4. The van der Waals surface area contributed by atoms with Gasteiger partial charge in [-0.15, -0.1) is 0 Å². The zero-order valence-electron chi connectivity index (χ0n) is 29.0. The average molecular weight is 645 g/mol. The minimum Gasteiger partial charge on any atom is -0.478 e.